The van der Waals surface area contributed by atoms with E-state index in [0.717, 1.165) is 11.3 Å². The van der Waals surface area contributed by atoms with Gasteiger partial charge in [-0.2, -0.15) is 5.10 Å². The number of esters is 1. The van der Waals surface area contributed by atoms with Crippen LogP contribution in [0.25, 0.3) is 22.3 Å². The van der Waals surface area contributed by atoms with Gasteiger partial charge in [0.05, 0.1) is 22.8 Å². The standard InChI is InChI=1S/C23H29N5O5/c1-12(2)9-24-23(31)27-20(29)11-32-22(30)17-8-19(16-7-14(5)33-15(16)6)26-21-18(17)10-25-28(21)13(3)4/h7-8,10,12-13H,9,11H2,1-6H3,(H2,24,27,29,31). The fraction of sp³-hybridized carbons (Fsp3) is 0.435. The SMILES string of the molecule is Cc1cc(-c2cc(C(=O)OCC(=O)NC(=O)NCC(C)C)c3cnn(C(C)C)c3n2)c(C)o1. The van der Waals surface area contributed by atoms with Crippen molar-refractivity contribution >= 4 is 28.9 Å². The van der Waals surface area contributed by atoms with Crippen LogP contribution in [0.4, 0.5) is 4.79 Å². The fourth-order valence-corrected chi connectivity index (χ4v) is 3.30. The number of fused-ring (bicyclic) bond motifs is 1. The van der Waals surface area contributed by atoms with Crippen LogP contribution >= 0.6 is 0 Å². The summed E-state index contributed by atoms with van der Waals surface area (Å²) < 4.78 is 12.5. The van der Waals surface area contributed by atoms with E-state index in [1.54, 1.807) is 16.9 Å². The summed E-state index contributed by atoms with van der Waals surface area (Å²) in [6.45, 7) is 11.3. The molecular formula is C23H29N5O5. The summed E-state index contributed by atoms with van der Waals surface area (Å²) in [6.07, 6.45) is 1.55. The van der Waals surface area contributed by atoms with E-state index in [9.17, 15) is 14.4 Å². The van der Waals surface area contributed by atoms with Crippen LogP contribution < -0.4 is 10.6 Å². The first kappa shape index (κ1) is 24.0. The van der Waals surface area contributed by atoms with Gasteiger partial charge >= 0.3 is 12.0 Å². The Morgan fingerprint density at radius 2 is 1.88 bits per heavy atom. The minimum absolute atomic E-state index is 0.0106. The van der Waals surface area contributed by atoms with Gasteiger partial charge in [-0.15, -0.1) is 0 Å². The lowest BCUT2D eigenvalue weighted by Crippen LogP contribution is -2.42. The maximum atomic E-state index is 12.9. The monoisotopic (exact) mass is 455 g/mol. The van der Waals surface area contributed by atoms with Gasteiger partial charge in [-0.3, -0.25) is 10.1 Å². The number of imide groups is 1. The van der Waals surface area contributed by atoms with Crippen LogP contribution in [-0.4, -0.2) is 45.8 Å². The molecule has 3 aromatic rings. The number of hydrogen-bond acceptors (Lipinski definition) is 7. The number of nitrogens with zero attached hydrogens (tertiary/aromatic N) is 3. The van der Waals surface area contributed by atoms with Crippen LogP contribution in [0.3, 0.4) is 0 Å². The summed E-state index contributed by atoms with van der Waals surface area (Å²) >= 11 is 0. The first-order valence-electron chi connectivity index (χ1n) is 10.8. The molecule has 2 N–H and O–H groups in total. The van der Waals surface area contributed by atoms with Crippen molar-refractivity contribution in [1.29, 1.82) is 0 Å². The Bertz CT molecular complexity index is 1190. The van der Waals surface area contributed by atoms with Gasteiger partial charge in [0.2, 0.25) is 0 Å². The highest BCUT2D eigenvalue weighted by Crippen LogP contribution is 2.30. The largest absolute Gasteiger partial charge is 0.466 e. The molecule has 3 heterocycles. The summed E-state index contributed by atoms with van der Waals surface area (Å²) in [5.41, 5.74) is 2.02. The molecular weight excluding hydrogens is 426 g/mol. The van der Waals surface area contributed by atoms with Gasteiger partial charge in [0.1, 0.15) is 11.5 Å². The predicted molar refractivity (Wildman–Crippen MR) is 122 cm³/mol. The molecule has 0 aliphatic heterocycles. The van der Waals surface area contributed by atoms with Gasteiger partial charge in [0.15, 0.2) is 12.3 Å². The molecule has 0 aliphatic rings. The van der Waals surface area contributed by atoms with Crippen LogP contribution in [0.15, 0.2) is 22.7 Å². The second kappa shape index (κ2) is 9.85. The first-order chi connectivity index (χ1) is 15.6. The van der Waals surface area contributed by atoms with Crippen molar-refractivity contribution < 1.29 is 23.5 Å². The number of furan rings is 1. The predicted octanol–water partition coefficient (Wildman–Crippen LogP) is 3.53. The minimum atomic E-state index is -0.727. The molecule has 0 saturated carbocycles. The molecule has 0 aromatic carbocycles. The number of pyridine rings is 1. The van der Waals surface area contributed by atoms with Gasteiger partial charge in [0.25, 0.3) is 5.91 Å². The number of hydrogen-bond donors (Lipinski definition) is 2. The van der Waals surface area contributed by atoms with Gasteiger partial charge in [-0.25, -0.2) is 19.3 Å². The van der Waals surface area contributed by atoms with E-state index in [-0.39, 0.29) is 17.5 Å². The van der Waals surface area contributed by atoms with Crippen molar-refractivity contribution in [1.82, 2.24) is 25.4 Å². The number of ether oxygens (including phenoxy) is 1. The molecule has 0 aliphatic carbocycles. The normalized spacial score (nSPS) is 11.3. The zero-order valence-electron chi connectivity index (χ0n) is 19.7. The maximum absolute atomic E-state index is 12.9. The average molecular weight is 456 g/mol. The zero-order chi connectivity index (χ0) is 24.3. The van der Waals surface area contributed by atoms with Crippen molar-refractivity contribution in [2.75, 3.05) is 13.2 Å². The summed E-state index contributed by atoms with van der Waals surface area (Å²) in [5, 5.41) is 9.57. The van der Waals surface area contributed by atoms with Gasteiger partial charge < -0.3 is 14.5 Å². The first-order valence-corrected chi connectivity index (χ1v) is 10.8. The highest BCUT2D eigenvalue weighted by Gasteiger charge is 2.22. The summed E-state index contributed by atoms with van der Waals surface area (Å²) in [4.78, 5) is 41.4. The summed E-state index contributed by atoms with van der Waals surface area (Å²) in [5.74, 6) is 0.178. The van der Waals surface area contributed by atoms with E-state index in [4.69, 9.17) is 14.1 Å². The van der Waals surface area contributed by atoms with Crippen molar-refractivity contribution in [2.24, 2.45) is 5.92 Å². The molecule has 0 spiro atoms. The van der Waals surface area contributed by atoms with Crippen LogP contribution in [0.5, 0.6) is 0 Å². The van der Waals surface area contributed by atoms with E-state index in [0.29, 0.717) is 29.0 Å². The molecule has 3 amide bonds. The highest BCUT2D eigenvalue weighted by molar-refractivity contribution is 6.05. The van der Waals surface area contributed by atoms with E-state index in [1.807, 2.05) is 47.6 Å². The van der Waals surface area contributed by atoms with Crippen molar-refractivity contribution in [3.05, 3.63) is 35.4 Å². The van der Waals surface area contributed by atoms with Crippen LogP contribution in [-0.2, 0) is 9.53 Å². The smallest absolute Gasteiger partial charge is 0.339 e. The van der Waals surface area contributed by atoms with Crippen molar-refractivity contribution in [3.8, 4) is 11.3 Å². The topological polar surface area (TPSA) is 128 Å². The van der Waals surface area contributed by atoms with Gasteiger partial charge in [-0.05, 0) is 45.7 Å². The lowest BCUT2D eigenvalue weighted by Gasteiger charge is -2.11. The molecule has 10 heteroatoms. The van der Waals surface area contributed by atoms with Crippen molar-refractivity contribution in [3.63, 3.8) is 0 Å². The number of aryl methyl sites for hydroxylation is 2. The third-order valence-electron chi connectivity index (χ3n) is 4.85. The molecule has 0 unspecified atom stereocenters. The molecule has 10 nitrogen and oxygen atoms in total. The molecule has 0 saturated heterocycles. The minimum Gasteiger partial charge on any atom is -0.466 e. The molecule has 0 atom stereocenters. The lowest BCUT2D eigenvalue weighted by molar-refractivity contribution is -0.123. The molecule has 3 aromatic heterocycles. The van der Waals surface area contributed by atoms with Gasteiger partial charge in [0, 0.05) is 18.2 Å². The number of nitrogens with one attached hydrogen (secondary N) is 2. The number of urea groups is 1. The average Bonchev–Trinajstić information content (AvgIpc) is 3.32. The number of rotatable bonds is 7. The van der Waals surface area contributed by atoms with E-state index < -0.39 is 24.5 Å². The summed E-state index contributed by atoms with van der Waals surface area (Å²) in [6, 6.07) is 2.82. The molecule has 0 fully saturated rings. The Kier molecular flexibility index (Phi) is 7.15. The second-order valence-electron chi connectivity index (χ2n) is 8.53. The number of amides is 3. The number of carbonyl (C=O) groups is 3. The fourth-order valence-electron chi connectivity index (χ4n) is 3.30. The third kappa shape index (κ3) is 5.57. The summed E-state index contributed by atoms with van der Waals surface area (Å²) in [7, 11) is 0. The Morgan fingerprint density at radius 1 is 1.15 bits per heavy atom. The third-order valence-corrected chi connectivity index (χ3v) is 4.85. The molecule has 3 rings (SSSR count). The molecule has 0 bridgehead atoms. The zero-order valence-corrected chi connectivity index (χ0v) is 19.7. The Morgan fingerprint density at radius 3 is 2.48 bits per heavy atom. The van der Waals surface area contributed by atoms with Crippen LogP contribution in [0.1, 0.15) is 55.6 Å². The number of carbonyl (C=O) groups excluding carboxylic acids is 3. The van der Waals surface area contributed by atoms with Gasteiger partial charge in [-0.1, -0.05) is 13.8 Å². The van der Waals surface area contributed by atoms with E-state index in [1.165, 1.54) is 0 Å². The number of aromatic nitrogens is 3. The molecule has 176 valence electrons. The van der Waals surface area contributed by atoms with E-state index in [2.05, 4.69) is 15.7 Å². The maximum Gasteiger partial charge on any atom is 0.339 e. The van der Waals surface area contributed by atoms with Crippen LogP contribution in [0.2, 0.25) is 0 Å². The van der Waals surface area contributed by atoms with Crippen LogP contribution in [0, 0.1) is 19.8 Å². The van der Waals surface area contributed by atoms with Crippen molar-refractivity contribution in [2.45, 2.75) is 47.6 Å². The van der Waals surface area contributed by atoms with E-state index >= 15 is 0 Å². The Labute approximate surface area is 191 Å². The second-order valence-corrected chi connectivity index (χ2v) is 8.53. The molecule has 33 heavy (non-hydrogen) atoms. The molecule has 0 radical (unpaired) electrons. The Hall–Kier alpha value is -3.69. The Balaban J connectivity index is 1.85. The highest BCUT2D eigenvalue weighted by atomic mass is 16.5. The quantitative estimate of drug-likeness (QED) is 0.522. The lowest BCUT2D eigenvalue weighted by atomic mass is 10.1.